The third kappa shape index (κ3) is 5.00. The zero-order valence-corrected chi connectivity index (χ0v) is 19.0. The molecule has 170 valence electrons. The van der Waals surface area contributed by atoms with E-state index in [4.69, 9.17) is 0 Å². The molecule has 2 saturated heterocycles. The number of rotatable bonds is 8. The number of nitrogens with zero attached hydrogens (tertiary/aromatic N) is 5. The van der Waals surface area contributed by atoms with Crippen molar-refractivity contribution in [2.45, 2.75) is 76.7 Å². The number of urea groups is 1. The Labute approximate surface area is 185 Å². The zero-order valence-electron chi connectivity index (χ0n) is 18.1. The number of thioether (sulfide) groups is 1. The summed E-state index contributed by atoms with van der Waals surface area (Å²) >= 11 is 1.16. The summed E-state index contributed by atoms with van der Waals surface area (Å²) in [4.78, 5) is 50.8. The molecule has 5 amide bonds. The monoisotopic (exact) mass is 451 g/mol. The minimum atomic E-state index is -1.01. The van der Waals surface area contributed by atoms with Gasteiger partial charge in [0.05, 0.1) is 12.3 Å². The van der Waals surface area contributed by atoms with Crippen LogP contribution < -0.4 is 10.7 Å². The van der Waals surface area contributed by atoms with Crippen molar-refractivity contribution in [2.75, 3.05) is 12.3 Å². The maximum absolute atomic E-state index is 12.4. The lowest BCUT2D eigenvalue weighted by molar-refractivity contribution is -0.137. The van der Waals surface area contributed by atoms with Crippen LogP contribution in [0, 0.1) is 0 Å². The highest BCUT2D eigenvalue weighted by atomic mass is 32.2. The summed E-state index contributed by atoms with van der Waals surface area (Å²) in [5.74, 6) is -0.221. The molecule has 0 radical (unpaired) electrons. The number of amides is 5. The van der Waals surface area contributed by atoms with Gasteiger partial charge in [-0.3, -0.25) is 19.8 Å². The van der Waals surface area contributed by atoms with Crippen LogP contribution >= 0.6 is 11.8 Å². The molecule has 3 rings (SSSR count). The molecule has 2 N–H and O–H groups in total. The van der Waals surface area contributed by atoms with Crippen LogP contribution in [-0.2, 0) is 27.5 Å². The van der Waals surface area contributed by atoms with Crippen LogP contribution in [0.15, 0.2) is 5.16 Å². The summed E-state index contributed by atoms with van der Waals surface area (Å²) in [6.45, 7) is 7.05. The summed E-state index contributed by atoms with van der Waals surface area (Å²) in [6.07, 6.45) is 3.92. The summed E-state index contributed by atoms with van der Waals surface area (Å²) in [7, 11) is 0. The second-order valence-corrected chi connectivity index (χ2v) is 8.79. The maximum atomic E-state index is 12.4. The van der Waals surface area contributed by atoms with Crippen LogP contribution in [-0.4, -0.2) is 66.3 Å². The summed E-state index contributed by atoms with van der Waals surface area (Å²) in [5, 5.41) is 12.2. The van der Waals surface area contributed by atoms with Crippen molar-refractivity contribution in [3.8, 4) is 0 Å². The molecule has 2 aliphatic heterocycles. The van der Waals surface area contributed by atoms with Crippen molar-refractivity contribution in [3.63, 3.8) is 0 Å². The lowest BCUT2D eigenvalue weighted by atomic mass is 10.00. The third-order valence-electron chi connectivity index (χ3n) is 5.65. The number of nitrogens with one attached hydrogen (secondary N) is 2. The quantitative estimate of drug-likeness (QED) is 0.446. The van der Waals surface area contributed by atoms with Gasteiger partial charge in [0.25, 0.3) is 5.91 Å². The zero-order chi connectivity index (χ0) is 22.6. The number of hydrogen-bond donors (Lipinski definition) is 2. The summed E-state index contributed by atoms with van der Waals surface area (Å²) in [5.41, 5.74) is 1.35. The molecule has 0 bridgehead atoms. The van der Waals surface area contributed by atoms with E-state index in [1.165, 1.54) is 0 Å². The van der Waals surface area contributed by atoms with Gasteiger partial charge in [0.15, 0.2) is 11.0 Å². The van der Waals surface area contributed by atoms with Crippen LogP contribution in [0.3, 0.4) is 0 Å². The van der Waals surface area contributed by atoms with Crippen molar-refractivity contribution in [1.82, 2.24) is 35.4 Å². The van der Waals surface area contributed by atoms with E-state index in [9.17, 15) is 19.2 Å². The fraction of sp³-hybridized carbons (Fsp3) is 0.684. The van der Waals surface area contributed by atoms with Crippen LogP contribution in [0.25, 0.3) is 0 Å². The smallest absolute Gasteiger partial charge is 0.335 e. The molecule has 0 saturated carbocycles. The molecule has 3 heterocycles. The van der Waals surface area contributed by atoms with Gasteiger partial charge in [-0.2, -0.15) is 5.01 Å². The molecule has 0 aliphatic carbocycles. The van der Waals surface area contributed by atoms with Gasteiger partial charge in [0.2, 0.25) is 11.8 Å². The van der Waals surface area contributed by atoms with Crippen molar-refractivity contribution < 1.29 is 19.2 Å². The van der Waals surface area contributed by atoms with Gasteiger partial charge in [0.1, 0.15) is 5.54 Å². The molecule has 1 aromatic rings. The largest absolute Gasteiger partial charge is 0.344 e. The molecule has 0 aromatic carbocycles. The van der Waals surface area contributed by atoms with Gasteiger partial charge in [-0.25, -0.2) is 4.79 Å². The van der Waals surface area contributed by atoms with E-state index in [1.54, 1.807) is 13.8 Å². The Hall–Kier alpha value is -2.63. The molecule has 31 heavy (non-hydrogen) atoms. The number of hydrogen-bond acceptors (Lipinski definition) is 7. The molecule has 11 nitrogen and oxygen atoms in total. The molecule has 1 aromatic heterocycles. The fourth-order valence-electron chi connectivity index (χ4n) is 3.55. The number of hydrazine groups is 1. The minimum absolute atomic E-state index is 0.0410. The number of carbonyl (C=O) groups excluding carboxylic acids is 4. The van der Waals surface area contributed by atoms with Crippen LogP contribution in [0.4, 0.5) is 4.79 Å². The Kier molecular flexibility index (Phi) is 7.19. The van der Waals surface area contributed by atoms with E-state index in [2.05, 4.69) is 20.9 Å². The first-order valence-corrected chi connectivity index (χ1v) is 11.6. The van der Waals surface area contributed by atoms with Gasteiger partial charge in [-0.1, -0.05) is 25.1 Å². The average Bonchev–Trinajstić information content (AvgIpc) is 3.14. The van der Waals surface area contributed by atoms with Gasteiger partial charge < -0.3 is 14.8 Å². The summed E-state index contributed by atoms with van der Waals surface area (Å²) < 4.78 is 1.87. The highest BCUT2D eigenvalue weighted by Crippen LogP contribution is 2.21. The molecular weight excluding hydrogens is 422 g/mol. The van der Waals surface area contributed by atoms with Crippen molar-refractivity contribution in [3.05, 3.63) is 5.82 Å². The second kappa shape index (κ2) is 9.67. The predicted octanol–water partition coefficient (Wildman–Crippen LogP) is 1.04. The predicted molar refractivity (Wildman–Crippen MR) is 113 cm³/mol. The van der Waals surface area contributed by atoms with Crippen molar-refractivity contribution >= 4 is 35.5 Å². The maximum Gasteiger partial charge on any atom is 0.344 e. The molecule has 2 fully saturated rings. The van der Waals surface area contributed by atoms with Crippen molar-refractivity contribution in [1.29, 1.82) is 0 Å². The van der Waals surface area contributed by atoms with Gasteiger partial charge in [-0.15, -0.1) is 10.2 Å². The van der Waals surface area contributed by atoms with E-state index in [1.807, 2.05) is 16.4 Å². The number of imide groups is 1. The SMILES string of the molecule is CCn1c(CN2CCCCCC2=O)nnc1SCC(=O)NN1C(=O)N[C@](C)(CC)C1=O. The van der Waals surface area contributed by atoms with Gasteiger partial charge >= 0.3 is 6.03 Å². The number of carbonyl (C=O) groups is 4. The Morgan fingerprint density at radius 1 is 1.19 bits per heavy atom. The normalized spacial score (nSPS) is 22.0. The molecular formula is C19H29N7O4S. The second-order valence-electron chi connectivity index (χ2n) is 7.85. The van der Waals surface area contributed by atoms with E-state index in [-0.39, 0.29) is 11.7 Å². The molecule has 12 heteroatoms. The number of likely N-dealkylation sites (tertiary alicyclic amines) is 1. The van der Waals surface area contributed by atoms with Crippen LogP contribution in [0.2, 0.25) is 0 Å². The van der Waals surface area contributed by atoms with Crippen LogP contribution in [0.5, 0.6) is 0 Å². The molecule has 1 atom stereocenters. The van der Waals surface area contributed by atoms with Gasteiger partial charge in [-0.05, 0) is 33.1 Å². The third-order valence-corrected chi connectivity index (χ3v) is 6.62. The first kappa shape index (κ1) is 23.0. The first-order valence-electron chi connectivity index (χ1n) is 10.6. The Bertz CT molecular complexity index is 873. The van der Waals surface area contributed by atoms with Gasteiger partial charge in [0, 0.05) is 19.5 Å². The van der Waals surface area contributed by atoms with E-state index >= 15 is 0 Å². The molecule has 2 aliphatic rings. The Balaban J connectivity index is 1.59. The highest BCUT2D eigenvalue weighted by molar-refractivity contribution is 7.99. The molecule has 0 spiro atoms. The average molecular weight is 452 g/mol. The topological polar surface area (TPSA) is 130 Å². The fourth-order valence-corrected chi connectivity index (χ4v) is 4.36. The molecule has 0 unspecified atom stereocenters. The van der Waals surface area contributed by atoms with Crippen molar-refractivity contribution in [2.24, 2.45) is 0 Å². The van der Waals surface area contributed by atoms with E-state index < -0.39 is 23.4 Å². The highest BCUT2D eigenvalue weighted by Gasteiger charge is 2.47. The van der Waals surface area contributed by atoms with Crippen LogP contribution in [0.1, 0.15) is 58.7 Å². The first-order chi connectivity index (χ1) is 14.8. The standard InChI is InChI=1S/C19H29N7O4S/c1-4-19(3)16(29)26(17(30)20-19)23-14(27)12-31-18-22-21-13(25(18)5-2)11-24-10-8-6-7-9-15(24)28/h4-12H2,1-3H3,(H,20,30)(H,23,27)/t19-/m1/s1. The Morgan fingerprint density at radius 3 is 2.65 bits per heavy atom. The van der Waals surface area contributed by atoms with E-state index in [0.717, 1.165) is 36.0 Å². The number of aromatic nitrogens is 3. The summed E-state index contributed by atoms with van der Waals surface area (Å²) in [6, 6.07) is -0.645. The lowest BCUT2D eigenvalue weighted by Crippen LogP contribution is -2.49. The minimum Gasteiger partial charge on any atom is -0.335 e. The van der Waals surface area contributed by atoms with E-state index in [0.29, 0.717) is 43.5 Å². The Morgan fingerprint density at radius 2 is 1.97 bits per heavy atom. The lowest BCUT2D eigenvalue weighted by Gasteiger charge is -2.20.